The van der Waals surface area contributed by atoms with E-state index < -0.39 is 0 Å². The lowest BCUT2D eigenvalue weighted by Crippen LogP contribution is -2.28. The molecule has 0 bridgehead atoms. The Balaban J connectivity index is 1.30. The van der Waals surface area contributed by atoms with E-state index in [4.69, 9.17) is 4.42 Å². The Morgan fingerprint density at radius 3 is 2.59 bits per heavy atom. The van der Waals surface area contributed by atoms with Gasteiger partial charge in [0.15, 0.2) is 17.1 Å². The molecule has 142 valence electrons. The van der Waals surface area contributed by atoms with Crippen molar-refractivity contribution in [3.63, 3.8) is 0 Å². The van der Waals surface area contributed by atoms with E-state index in [1.54, 1.807) is 48.7 Å². The molecule has 2 aromatic carbocycles. The van der Waals surface area contributed by atoms with Crippen molar-refractivity contribution >= 4 is 45.3 Å². The number of thiazole rings is 1. The molecule has 1 aliphatic heterocycles. The monoisotopic (exact) mass is 404 g/mol. The van der Waals surface area contributed by atoms with Crippen LogP contribution in [0.25, 0.3) is 11.1 Å². The Morgan fingerprint density at radius 1 is 1.07 bits per heavy atom. The Bertz CT molecular complexity index is 1260. The lowest BCUT2D eigenvalue weighted by atomic mass is 10.1. The van der Waals surface area contributed by atoms with Crippen LogP contribution in [0.15, 0.2) is 59.5 Å². The van der Waals surface area contributed by atoms with Gasteiger partial charge in [-0.1, -0.05) is 23.5 Å². The van der Waals surface area contributed by atoms with Crippen LogP contribution in [0.4, 0.5) is 5.13 Å². The number of hydrogen-bond acceptors (Lipinski definition) is 7. The molecule has 0 fully saturated rings. The first-order chi connectivity index (χ1) is 14.1. The fraction of sp³-hybridized carbons (Fsp3) is 0.0500. The second-order valence-corrected chi connectivity index (χ2v) is 7.48. The number of fused-ring (bicyclic) bond motifs is 2. The van der Waals surface area contributed by atoms with Crippen molar-refractivity contribution in [2.24, 2.45) is 0 Å². The highest BCUT2D eigenvalue weighted by atomic mass is 32.1. The number of imide groups is 1. The van der Waals surface area contributed by atoms with E-state index in [9.17, 15) is 14.4 Å². The first-order valence-electron chi connectivity index (χ1n) is 8.65. The maximum absolute atomic E-state index is 12.5. The standard InChI is InChI=1S/C20H12N4O4S/c25-17(11-5-6-16-15(7-11)22-10-28-16)23-20-21-8-12(29-20)9-24-18(26)13-3-1-2-4-14(13)19(24)27/h1-8,10H,9H2,(H,21,23,25). The molecule has 0 radical (unpaired) electrons. The second kappa shape index (κ2) is 6.64. The zero-order chi connectivity index (χ0) is 20.0. The Morgan fingerprint density at radius 2 is 1.83 bits per heavy atom. The minimum Gasteiger partial charge on any atom is -0.443 e. The molecule has 1 aliphatic rings. The Hall–Kier alpha value is -3.85. The fourth-order valence-corrected chi connectivity index (χ4v) is 3.94. The summed E-state index contributed by atoms with van der Waals surface area (Å²) in [5.41, 5.74) is 2.41. The average molecular weight is 404 g/mol. The lowest BCUT2D eigenvalue weighted by Gasteiger charge is -2.11. The van der Waals surface area contributed by atoms with Gasteiger partial charge >= 0.3 is 0 Å². The summed E-state index contributed by atoms with van der Waals surface area (Å²) in [4.78, 5) is 47.5. The van der Waals surface area contributed by atoms with E-state index in [0.29, 0.717) is 37.8 Å². The molecule has 0 atom stereocenters. The number of amides is 3. The van der Waals surface area contributed by atoms with Gasteiger partial charge in [-0.2, -0.15) is 0 Å². The number of nitrogens with zero attached hydrogens (tertiary/aromatic N) is 3. The van der Waals surface area contributed by atoms with E-state index in [0.717, 1.165) is 0 Å². The van der Waals surface area contributed by atoms with Crippen LogP contribution >= 0.6 is 11.3 Å². The number of benzene rings is 2. The lowest BCUT2D eigenvalue weighted by molar-refractivity contribution is 0.0643. The fourth-order valence-electron chi connectivity index (χ4n) is 3.15. The highest BCUT2D eigenvalue weighted by molar-refractivity contribution is 7.15. The van der Waals surface area contributed by atoms with Crippen molar-refractivity contribution in [3.05, 3.63) is 76.6 Å². The van der Waals surface area contributed by atoms with E-state index >= 15 is 0 Å². The summed E-state index contributed by atoms with van der Waals surface area (Å²) in [6.45, 7) is 0.102. The van der Waals surface area contributed by atoms with Gasteiger partial charge in [-0.3, -0.25) is 24.6 Å². The summed E-state index contributed by atoms with van der Waals surface area (Å²) < 4.78 is 5.17. The smallest absolute Gasteiger partial charge is 0.261 e. The summed E-state index contributed by atoms with van der Waals surface area (Å²) in [5.74, 6) is -0.993. The molecule has 0 saturated carbocycles. The van der Waals surface area contributed by atoms with E-state index in [1.165, 1.54) is 22.6 Å². The Labute approximate surface area is 167 Å². The van der Waals surface area contributed by atoms with Crippen LogP contribution in [0.5, 0.6) is 0 Å². The third-order valence-corrected chi connectivity index (χ3v) is 5.46. The number of nitrogens with one attached hydrogen (secondary N) is 1. The highest BCUT2D eigenvalue weighted by Gasteiger charge is 2.35. The molecule has 4 aromatic rings. The quantitative estimate of drug-likeness (QED) is 0.523. The topological polar surface area (TPSA) is 105 Å². The Kier molecular flexibility index (Phi) is 3.95. The SMILES string of the molecule is O=C(Nc1ncc(CN2C(=O)c3ccccc3C2=O)s1)c1ccc2ocnc2c1. The van der Waals surface area contributed by atoms with Crippen molar-refractivity contribution in [2.75, 3.05) is 5.32 Å². The van der Waals surface area contributed by atoms with Gasteiger partial charge in [-0.25, -0.2) is 9.97 Å². The summed E-state index contributed by atoms with van der Waals surface area (Å²) in [7, 11) is 0. The normalized spacial score (nSPS) is 13.2. The van der Waals surface area contributed by atoms with Gasteiger partial charge in [0.05, 0.1) is 17.7 Å². The average Bonchev–Trinajstić information content (AvgIpc) is 3.44. The van der Waals surface area contributed by atoms with Crippen LogP contribution in [-0.4, -0.2) is 32.6 Å². The number of hydrogen-bond donors (Lipinski definition) is 1. The molecule has 9 heteroatoms. The first kappa shape index (κ1) is 17.3. The van der Waals surface area contributed by atoms with Gasteiger partial charge in [0, 0.05) is 16.6 Å². The van der Waals surface area contributed by atoms with Gasteiger partial charge < -0.3 is 4.42 Å². The maximum Gasteiger partial charge on any atom is 0.261 e. The van der Waals surface area contributed by atoms with Crippen LogP contribution in [0.1, 0.15) is 36.0 Å². The van der Waals surface area contributed by atoms with Crippen LogP contribution < -0.4 is 5.32 Å². The molecule has 3 amide bonds. The van der Waals surface area contributed by atoms with Crippen LogP contribution in [0, 0.1) is 0 Å². The molecule has 0 spiro atoms. The van der Waals surface area contributed by atoms with Crippen molar-refractivity contribution in [2.45, 2.75) is 6.54 Å². The summed E-state index contributed by atoms with van der Waals surface area (Å²) in [6.07, 6.45) is 2.86. The molecule has 0 aliphatic carbocycles. The number of carbonyl (C=O) groups excluding carboxylic acids is 3. The number of carbonyl (C=O) groups is 3. The number of anilines is 1. The van der Waals surface area contributed by atoms with Crippen LogP contribution in [0.3, 0.4) is 0 Å². The third-order valence-electron chi connectivity index (χ3n) is 4.56. The highest BCUT2D eigenvalue weighted by Crippen LogP contribution is 2.27. The van der Waals surface area contributed by atoms with E-state index in [1.807, 2.05) is 0 Å². The maximum atomic E-state index is 12.5. The molecule has 5 rings (SSSR count). The first-order valence-corrected chi connectivity index (χ1v) is 9.46. The predicted molar refractivity (Wildman–Crippen MR) is 105 cm³/mol. The molecular formula is C20H12N4O4S. The molecule has 1 N–H and O–H groups in total. The van der Waals surface area contributed by atoms with Crippen molar-refractivity contribution in [1.82, 2.24) is 14.9 Å². The van der Waals surface area contributed by atoms with Crippen molar-refractivity contribution in [1.29, 1.82) is 0 Å². The minimum atomic E-state index is -0.337. The predicted octanol–water partition coefficient (Wildman–Crippen LogP) is 3.33. The molecule has 0 unspecified atom stereocenters. The zero-order valence-corrected chi connectivity index (χ0v) is 15.6. The molecule has 29 heavy (non-hydrogen) atoms. The number of oxazole rings is 1. The van der Waals surface area contributed by atoms with Crippen molar-refractivity contribution in [3.8, 4) is 0 Å². The van der Waals surface area contributed by atoms with Crippen LogP contribution in [0.2, 0.25) is 0 Å². The zero-order valence-electron chi connectivity index (χ0n) is 14.8. The number of aromatic nitrogens is 2. The second-order valence-electron chi connectivity index (χ2n) is 6.36. The largest absolute Gasteiger partial charge is 0.443 e. The van der Waals surface area contributed by atoms with Gasteiger partial charge in [0.25, 0.3) is 17.7 Å². The van der Waals surface area contributed by atoms with Gasteiger partial charge in [0.2, 0.25) is 0 Å². The molecule has 0 saturated heterocycles. The molecule has 8 nitrogen and oxygen atoms in total. The minimum absolute atomic E-state index is 0.102. The van der Waals surface area contributed by atoms with Gasteiger partial charge in [0.1, 0.15) is 5.52 Å². The summed E-state index contributed by atoms with van der Waals surface area (Å²) in [6, 6.07) is 11.7. The van der Waals surface area contributed by atoms with Gasteiger partial charge in [-0.05, 0) is 30.3 Å². The van der Waals surface area contributed by atoms with E-state index in [-0.39, 0.29) is 24.3 Å². The third kappa shape index (κ3) is 2.97. The van der Waals surface area contributed by atoms with Gasteiger partial charge in [-0.15, -0.1) is 0 Å². The number of rotatable bonds is 4. The molecule has 3 heterocycles. The van der Waals surface area contributed by atoms with Crippen molar-refractivity contribution < 1.29 is 18.8 Å². The molecular weight excluding hydrogens is 392 g/mol. The summed E-state index contributed by atoms with van der Waals surface area (Å²) in [5, 5.41) is 3.10. The van der Waals surface area contributed by atoms with Crippen LogP contribution in [-0.2, 0) is 6.54 Å². The summed E-state index contributed by atoms with van der Waals surface area (Å²) >= 11 is 1.21. The molecule has 2 aromatic heterocycles. The van der Waals surface area contributed by atoms with E-state index in [2.05, 4.69) is 15.3 Å².